The highest BCUT2D eigenvalue weighted by Crippen LogP contribution is 2.18. The molecule has 0 aromatic heterocycles. The Morgan fingerprint density at radius 2 is 2.00 bits per heavy atom. The smallest absolute Gasteiger partial charge is 0.410 e. The van der Waals surface area contributed by atoms with Crippen molar-refractivity contribution < 1.29 is 19.1 Å². The summed E-state index contributed by atoms with van der Waals surface area (Å²) in [6.07, 6.45) is -0.462. The molecule has 6 heteroatoms. The maximum absolute atomic E-state index is 11.9. The van der Waals surface area contributed by atoms with Crippen LogP contribution >= 0.6 is 0 Å². The largest absolute Gasteiger partial charge is 0.469 e. The Morgan fingerprint density at radius 3 is 2.65 bits per heavy atom. The number of hydrogen-bond acceptors (Lipinski definition) is 5. The van der Waals surface area contributed by atoms with E-state index < -0.39 is 24.0 Å². The van der Waals surface area contributed by atoms with Crippen molar-refractivity contribution in [3.05, 3.63) is 35.9 Å². The first kappa shape index (κ1) is 14.3. The Kier molecular flexibility index (Phi) is 4.57. The second kappa shape index (κ2) is 6.38. The molecule has 2 atom stereocenters. The van der Waals surface area contributed by atoms with E-state index in [-0.39, 0.29) is 13.2 Å². The van der Waals surface area contributed by atoms with Gasteiger partial charge >= 0.3 is 12.1 Å². The molecule has 0 bridgehead atoms. The first-order chi connectivity index (χ1) is 9.61. The third-order valence-corrected chi connectivity index (χ3v) is 3.33. The number of nitrogens with zero attached hydrogens (tertiary/aromatic N) is 1. The zero-order valence-corrected chi connectivity index (χ0v) is 11.3. The molecule has 108 valence electrons. The molecule has 1 aromatic carbocycles. The van der Waals surface area contributed by atoms with Crippen molar-refractivity contribution in [2.45, 2.75) is 12.6 Å². The van der Waals surface area contributed by atoms with Crippen molar-refractivity contribution in [2.24, 2.45) is 11.7 Å². The van der Waals surface area contributed by atoms with Crippen molar-refractivity contribution in [1.82, 2.24) is 4.90 Å². The normalized spacial score (nSPS) is 21.6. The van der Waals surface area contributed by atoms with Gasteiger partial charge in [0.05, 0.1) is 13.0 Å². The molecule has 0 radical (unpaired) electrons. The zero-order chi connectivity index (χ0) is 14.5. The minimum absolute atomic E-state index is 0.203. The number of carbonyl (C=O) groups is 2. The molecule has 1 saturated heterocycles. The fourth-order valence-corrected chi connectivity index (χ4v) is 2.19. The zero-order valence-electron chi connectivity index (χ0n) is 11.3. The lowest BCUT2D eigenvalue weighted by molar-refractivity contribution is -0.145. The van der Waals surface area contributed by atoms with Gasteiger partial charge in [-0.25, -0.2) is 4.79 Å². The summed E-state index contributed by atoms with van der Waals surface area (Å²) in [5.41, 5.74) is 6.75. The molecule has 1 amide bonds. The SMILES string of the molecule is COC(=O)[C@@H]1CN(C(=O)OCc2ccccc2)C[C@@H]1N. The topological polar surface area (TPSA) is 81.9 Å². The Hall–Kier alpha value is -2.08. The summed E-state index contributed by atoms with van der Waals surface area (Å²) < 4.78 is 9.87. The van der Waals surface area contributed by atoms with Gasteiger partial charge in [0.15, 0.2) is 0 Å². The number of benzene rings is 1. The Morgan fingerprint density at radius 1 is 1.30 bits per heavy atom. The Labute approximate surface area is 117 Å². The molecule has 1 aliphatic rings. The Bertz CT molecular complexity index is 477. The predicted octanol–water partition coefficient (Wildman–Crippen LogP) is 0.755. The van der Waals surface area contributed by atoms with Crippen LogP contribution in [-0.2, 0) is 20.9 Å². The number of ether oxygens (including phenoxy) is 2. The monoisotopic (exact) mass is 278 g/mol. The number of likely N-dealkylation sites (tertiary alicyclic amines) is 1. The maximum Gasteiger partial charge on any atom is 0.410 e. The molecule has 1 aliphatic heterocycles. The summed E-state index contributed by atoms with van der Waals surface area (Å²) in [4.78, 5) is 24.8. The first-order valence-corrected chi connectivity index (χ1v) is 6.41. The average Bonchev–Trinajstić information content (AvgIpc) is 2.87. The van der Waals surface area contributed by atoms with Gasteiger partial charge in [-0.3, -0.25) is 4.79 Å². The molecule has 0 saturated carbocycles. The lowest BCUT2D eigenvalue weighted by atomic mass is 10.1. The number of rotatable bonds is 3. The molecule has 2 N–H and O–H groups in total. The molecule has 6 nitrogen and oxygen atoms in total. The second-order valence-electron chi connectivity index (χ2n) is 4.74. The number of esters is 1. The van der Waals surface area contributed by atoms with Gasteiger partial charge in [0.1, 0.15) is 6.61 Å². The van der Waals surface area contributed by atoms with E-state index in [1.807, 2.05) is 30.3 Å². The standard InChI is InChI=1S/C14H18N2O4/c1-19-13(17)11-7-16(8-12(11)15)14(18)20-9-10-5-3-2-4-6-10/h2-6,11-12H,7-9,15H2,1H3/t11-,12+/m1/s1. The Balaban J connectivity index is 1.86. The molecular weight excluding hydrogens is 260 g/mol. The van der Waals surface area contributed by atoms with Crippen LogP contribution in [0.3, 0.4) is 0 Å². The van der Waals surface area contributed by atoms with E-state index in [9.17, 15) is 9.59 Å². The number of carbonyl (C=O) groups excluding carboxylic acids is 2. The van der Waals surface area contributed by atoms with E-state index in [2.05, 4.69) is 4.74 Å². The van der Waals surface area contributed by atoms with Crippen LogP contribution in [0.4, 0.5) is 4.79 Å². The maximum atomic E-state index is 11.9. The van der Waals surface area contributed by atoms with Crippen molar-refractivity contribution >= 4 is 12.1 Å². The van der Waals surface area contributed by atoms with Gasteiger partial charge in [-0.15, -0.1) is 0 Å². The van der Waals surface area contributed by atoms with Crippen molar-refractivity contribution in [1.29, 1.82) is 0 Å². The van der Waals surface area contributed by atoms with Crippen LogP contribution in [0.5, 0.6) is 0 Å². The summed E-state index contributed by atoms with van der Waals surface area (Å²) in [6.45, 7) is 0.739. The molecular formula is C14H18N2O4. The van der Waals surface area contributed by atoms with Gasteiger partial charge in [0, 0.05) is 19.1 Å². The highest BCUT2D eigenvalue weighted by Gasteiger charge is 2.38. The highest BCUT2D eigenvalue weighted by molar-refractivity contribution is 5.76. The van der Waals surface area contributed by atoms with Crippen molar-refractivity contribution in [2.75, 3.05) is 20.2 Å². The van der Waals surface area contributed by atoms with E-state index in [1.54, 1.807) is 0 Å². The summed E-state index contributed by atoms with van der Waals surface area (Å²) >= 11 is 0. The summed E-state index contributed by atoms with van der Waals surface area (Å²) in [5.74, 6) is -0.875. The van der Waals surface area contributed by atoms with Crippen LogP contribution in [0.2, 0.25) is 0 Å². The van der Waals surface area contributed by atoms with E-state index in [0.29, 0.717) is 6.54 Å². The van der Waals surface area contributed by atoms with E-state index in [1.165, 1.54) is 12.0 Å². The molecule has 2 rings (SSSR count). The first-order valence-electron chi connectivity index (χ1n) is 6.41. The second-order valence-corrected chi connectivity index (χ2v) is 4.74. The van der Waals surface area contributed by atoms with Crippen molar-refractivity contribution in [3.8, 4) is 0 Å². The molecule has 20 heavy (non-hydrogen) atoms. The van der Waals surface area contributed by atoms with E-state index >= 15 is 0 Å². The van der Waals surface area contributed by atoms with Crippen LogP contribution in [0.1, 0.15) is 5.56 Å². The van der Waals surface area contributed by atoms with Gasteiger partial charge in [0.2, 0.25) is 0 Å². The average molecular weight is 278 g/mol. The van der Waals surface area contributed by atoms with Gasteiger partial charge < -0.3 is 20.1 Å². The molecule has 1 fully saturated rings. The van der Waals surface area contributed by atoms with Gasteiger partial charge in [-0.1, -0.05) is 30.3 Å². The lowest BCUT2D eigenvalue weighted by Crippen LogP contribution is -2.35. The van der Waals surface area contributed by atoms with Crippen molar-refractivity contribution in [3.63, 3.8) is 0 Å². The van der Waals surface area contributed by atoms with Crippen LogP contribution in [-0.4, -0.2) is 43.2 Å². The number of hydrogen-bond donors (Lipinski definition) is 1. The predicted molar refractivity (Wildman–Crippen MR) is 71.7 cm³/mol. The fraction of sp³-hybridized carbons (Fsp3) is 0.429. The third-order valence-electron chi connectivity index (χ3n) is 3.33. The minimum Gasteiger partial charge on any atom is -0.469 e. The molecule has 1 aromatic rings. The van der Waals surface area contributed by atoms with Crippen LogP contribution in [0, 0.1) is 5.92 Å². The third kappa shape index (κ3) is 3.27. The summed E-state index contributed by atoms with van der Waals surface area (Å²) in [7, 11) is 1.31. The minimum atomic E-state index is -0.482. The van der Waals surface area contributed by atoms with E-state index in [4.69, 9.17) is 10.5 Å². The number of methoxy groups -OCH3 is 1. The fourth-order valence-electron chi connectivity index (χ4n) is 2.19. The lowest BCUT2D eigenvalue weighted by Gasteiger charge is -2.15. The van der Waals surface area contributed by atoms with Gasteiger partial charge in [-0.2, -0.15) is 0 Å². The van der Waals surface area contributed by atoms with Gasteiger partial charge in [0.25, 0.3) is 0 Å². The molecule has 0 unspecified atom stereocenters. The van der Waals surface area contributed by atoms with Crippen LogP contribution in [0.25, 0.3) is 0 Å². The van der Waals surface area contributed by atoms with Crippen LogP contribution < -0.4 is 5.73 Å². The van der Waals surface area contributed by atoms with Gasteiger partial charge in [-0.05, 0) is 5.56 Å². The quantitative estimate of drug-likeness (QED) is 0.825. The number of nitrogens with two attached hydrogens (primary N) is 1. The molecule has 0 spiro atoms. The van der Waals surface area contributed by atoms with E-state index in [0.717, 1.165) is 5.56 Å². The molecule has 0 aliphatic carbocycles. The highest BCUT2D eigenvalue weighted by atomic mass is 16.6. The number of amides is 1. The summed E-state index contributed by atoms with van der Waals surface area (Å²) in [6, 6.07) is 8.99. The summed E-state index contributed by atoms with van der Waals surface area (Å²) in [5, 5.41) is 0. The van der Waals surface area contributed by atoms with Crippen LogP contribution in [0.15, 0.2) is 30.3 Å². The molecule has 1 heterocycles.